The minimum Gasteiger partial charge on any atom is -0.303 e. The molecule has 6 heteroatoms. The molecule has 1 saturated heterocycles. The van der Waals surface area contributed by atoms with Crippen molar-refractivity contribution in [3.05, 3.63) is 16.1 Å². The molecule has 4 nitrogen and oxygen atoms in total. The van der Waals surface area contributed by atoms with Crippen LogP contribution in [0.15, 0.2) is 5.38 Å². The molecule has 0 amide bonds. The van der Waals surface area contributed by atoms with E-state index in [1.165, 1.54) is 11.3 Å². The smallest absolute Gasteiger partial charge is 0.150 e. The summed E-state index contributed by atoms with van der Waals surface area (Å²) in [5.74, 6) is 0.806. The van der Waals surface area contributed by atoms with E-state index in [-0.39, 0.29) is 11.7 Å². The number of sulfone groups is 1. The van der Waals surface area contributed by atoms with E-state index in [0.717, 1.165) is 29.8 Å². The average molecular weight is 259 g/mol. The molecule has 1 aromatic rings. The predicted octanol–water partition coefficient (Wildman–Crippen LogP) is 0.862. The Morgan fingerprint density at radius 1 is 1.56 bits per heavy atom. The van der Waals surface area contributed by atoms with Crippen LogP contribution in [0, 0.1) is 5.92 Å². The summed E-state index contributed by atoms with van der Waals surface area (Å²) in [6, 6.07) is 0. The lowest BCUT2D eigenvalue weighted by molar-refractivity contribution is -0.107. The third-order valence-electron chi connectivity index (χ3n) is 2.68. The van der Waals surface area contributed by atoms with Crippen molar-refractivity contribution in [3.8, 4) is 0 Å². The summed E-state index contributed by atoms with van der Waals surface area (Å²) in [5.41, 5.74) is 0.788. The first-order chi connectivity index (χ1) is 7.59. The summed E-state index contributed by atoms with van der Waals surface area (Å²) in [7, 11) is -2.80. The molecule has 0 saturated carbocycles. The van der Waals surface area contributed by atoms with Crippen LogP contribution in [0.1, 0.15) is 17.1 Å². The number of thiazole rings is 1. The summed E-state index contributed by atoms with van der Waals surface area (Å²) in [4.78, 5) is 14.6. The van der Waals surface area contributed by atoms with Crippen molar-refractivity contribution in [2.45, 2.75) is 19.3 Å². The molecule has 0 aliphatic carbocycles. The standard InChI is InChI=1S/C10H13NO3S2/c12-3-1-9-6-15-10(11-9)5-8-2-4-16(13,14)7-8/h3,6,8H,1-2,4-5,7H2. The number of rotatable bonds is 4. The largest absolute Gasteiger partial charge is 0.303 e. The zero-order valence-corrected chi connectivity index (χ0v) is 10.4. The predicted molar refractivity (Wildman–Crippen MR) is 62.3 cm³/mol. The molecule has 0 spiro atoms. The third-order valence-corrected chi connectivity index (χ3v) is 5.44. The van der Waals surface area contributed by atoms with Crippen molar-refractivity contribution in [1.82, 2.24) is 4.98 Å². The van der Waals surface area contributed by atoms with Gasteiger partial charge in [-0.2, -0.15) is 0 Å². The summed E-state index contributed by atoms with van der Waals surface area (Å²) in [6.07, 6.45) is 2.64. The van der Waals surface area contributed by atoms with E-state index in [0.29, 0.717) is 12.2 Å². The molecule has 0 N–H and O–H groups in total. The molecule has 2 heterocycles. The molecule has 1 atom stereocenters. The van der Waals surface area contributed by atoms with E-state index >= 15 is 0 Å². The number of aldehydes is 1. The fourth-order valence-electron chi connectivity index (χ4n) is 1.90. The molecular weight excluding hydrogens is 246 g/mol. The van der Waals surface area contributed by atoms with E-state index in [9.17, 15) is 13.2 Å². The number of carbonyl (C=O) groups excluding carboxylic acids is 1. The number of nitrogens with zero attached hydrogens (tertiary/aromatic N) is 1. The Labute approximate surface area is 98.6 Å². The van der Waals surface area contributed by atoms with Gasteiger partial charge in [-0.1, -0.05) is 0 Å². The van der Waals surface area contributed by atoms with Crippen LogP contribution in [-0.2, 0) is 27.5 Å². The maximum atomic E-state index is 11.3. The Morgan fingerprint density at radius 3 is 3.00 bits per heavy atom. The Morgan fingerprint density at radius 2 is 2.38 bits per heavy atom. The van der Waals surface area contributed by atoms with Crippen molar-refractivity contribution in [2.24, 2.45) is 5.92 Å². The summed E-state index contributed by atoms with van der Waals surface area (Å²) >= 11 is 1.51. The maximum absolute atomic E-state index is 11.3. The van der Waals surface area contributed by atoms with Crippen LogP contribution in [0.5, 0.6) is 0 Å². The van der Waals surface area contributed by atoms with Crippen LogP contribution in [0.4, 0.5) is 0 Å². The second-order valence-electron chi connectivity index (χ2n) is 4.08. The molecule has 1 fully saturated rings. The highest BCUT2D eigenvalue weighted by molar-refractivity contribution is 7.91. The topological polar surface area (TPSA) is 64.1 Å². The van der Waals surface area contributed by atoms with Crippen molar-refractivity contribution in [3.63, 3.8) is 0 Å². The van der Waals surface area contributed by atoms with Gasteiger partial charge in [0.05, 0.1) is 22.2 Å². The first kappa shape index (κ1) is 11.7. The van der Waals surface area contributed by atoms with Crippen LogP contribution in [0.3, 0.4) is 0 Å². The quantitative estimate of drug-likeness (QED) is 0.752. The first-order valence-corrected chi connectivity index (χ1v) is 7.86. The minimum absolute atomic E-state index is 0.209. The van der Waals surface area contributed by atoms with Gasteiger partial charge in [-0.05, 0) is 12.3 Å². The monoisotopic (exact) mass is 259 g/mol. The average Bonchev–Trinajstić information content (AvgIpc) is 2.75. The van der Waals surface area contributed by atoms with E-state index in [4.69, 9.17) is 0 Å². The van der Waals surface area contributed by atoms with Crippen molar-refractivity contribution in [2.75, 3.05) is 11.5 Å². The lowest BCUT2D eigenvalue weighted by atomic mass is 10.1. The van der Waals surface area contributed by atoms with Crippen molar-refractivity contribution >= 4 is 27.5 Å². The van der Waals surface area contributed by atoms with E-state index in [1.807, 2.05) is 5.38 Å². The number of carbonyl (C=O) groups is 1. The second-order valence-corrected chi connectivity index (χ2v) is 7.25. The second kappa shape index (κ2) is 4.63. The Kier molecular flexibility index (Phi) is 3.39. The maximum Gasteiger partial charge on any atom is 0.150 e. The highest BCUT2D eigenvalue weighted by Gasteiger charge is 2.28. The molecule has 1 aliphatic rings. The summed E-state index contributed by atoms with van der Waals surface area (Å²) < 4.78 is 22.6. The molecule has 2 rings (SSSR count). The van der Waals surface area contributed by atoms with E-state index in [2.05, 4.69) is 4.98 Å². The van der Waals surface area contributed by atoms with Gasteiger partial charge in [0, 0.05) is 18.2 Å². The van der Waals surface area contributed by atoms with E-state index in [1.54, 1.807) is 0 Å². The van der Waals surface area contributed by atoms with Gasteiger partial charge in [0.25, 0.3) is 0 Å². The Balaban J connectivity index is 1.96. The molecule has 1 unspecified atom stereocenters. The van der Waals surface area contributed by atoms with Crippen molar-refractivity contribution < 1.29 is 13.2 Å². The molecule has 0 radical (unpaired) electrons. The molecule has 88 valence electrons. The van der Waals surface area contributed by atoms with Gasteiger partial charge < -0.3 is 4.79 Å². The van der Waals surface area contributed by atoms with Gasteiger partial charge in [0.2, 0.25) is 0 Å². The zero-order valence-electron chi connectivity index (χ0n) is 8.76. The highest BCUT2D eigenvalue weighted by Crippen LogP contribution is 2.24. The van der Waals surface area contributed by atoms with Crippen LogP contribution in [0.2, 0.25) is 0 Å². The third kappa shape index (κ3) is 2.89. The SMILES string of the molecule is O=CCc1csc(CC2CCS(=O)(=O)C2)n1. The molecule has 1 aliphatic heterocycles. The van der Waals surface area contributed by atoms with Crippen molar-refractivity contribution in [1.29, 1.82) is 0 Å². The van der Waals surface area contributed by atoms with Gasteiger partial charge in [-0.25, -0.2) is 13.4 Å². The Bertz CT molecular complexity index is 478. The number of hydrogen-bond acceptors (Lipinski definition) is 5. The number of hydrogen-bond donors (Lipinski definition) is 0. The fraction of sp³-hybridized carbons (Fsp3) is 0.600. The van der Waals surface area contributed by atoms with Gasteiger partial charge in [0.15, 0.2) is 9.84 Å². The highest BCUT2D eigenvalue weighted by atomic mass is 32.2. The minimum atomic E-state index is -2.80. The lowest BCUT2D eigenvalue weighted by Gasteiger charge is -2.02. The van der Waals surface area contributed by atoms with Gasteiger partial charge in [-0.15, -0.1) is 11.3 Å². The molecule has 16 heavy (non-hydrogen) atoms. The molecule has 0 bridgehead atoms. The fourth-order valence-corrected chi connectivity index (χ4v) is 4.69. The van der Waals surface area contributed by atoms with Crippen LogP contribution < -0.4 is 0 Å². The summed E-state index contributed by atoms with van der Waals surface area (Å²) in [5, 5.41) is 2.81. The van der Waals surface area contributed by atoms with Crippen LogP contribution in [0.25, 0.3) is 0 Å². The number of aromatic nitrogens is 1. The molecule has 0 aromatic carbocycles. The Hall–Kier alpha value is -0.750. The van der Waals surface area contributed by atoms with Gasteiger partial charge in [0.1, 0.15) is 6.29 Å². The van der Waals surface area contributed by atoms with Crippen LogP contribution >= 0.6 is 11.3 Å². The van der Waals surface area contributed by atoms with Crippen LogP contribution in [-0.4, -0.2) is 31.2 Å². The first-order valence-electron chi connectivity index (χ1n) is 5.16. The zero-order chi connectivity index (χ0) is 11.6. The van der Waals surface area contributed by atoms with Gasteiger partial charge >= 0.3 is 0 Å². The van der Waals surface area contributed by atoms with E-state index < -0.39 is 9.84 Å². The van der Waals surface area contributed by atoms with Gasteiger partial charge in [-0.3, -0.25) is 0 Å². The normalized spacial score (nSPS) is 23.4. The molecular formula is C10H13NO3S2. The molecule has 1 aromatic heterocycles. The summed E-state index contributed by atoms with van der Waals surface area (Å²) in [6.45, 7) is 0. The lowest BCUT2D eigenvalue weighted by Crippen LogP contribution is -2.07.